The van der Waals surface area contributed by atoms with Crippen LogP contribution in [0.3, 0.4) is 0 Å². The summed E-state index contributed by atoms with van der Waals surface area (Å²) in [7, 11) is 1.78. The number of hydrogen-bond acceptors (Lipinski definition) is 5. The zero-order valence-corrected chi connectivity index (χ0v) is 23.1. The van der Waals surface area contributed by atoms with E-state index in [2.05, 4.69) is 24.4 Å². The van der Waals surface area contributed by atoms with Crippen molar-refractivity contribution in [3.8, 4) is 0 Å². The lowest BCUT2D eigenvalue weighted by atomic mass is 9.68. The van der Waals surface area contributed by atoms with Gasteiger partial charge >= 0.3 is 0 Å². The van der Waals surface area contributed by atoms with Crippen LogP contribution in [0.5, 0.6) is 0 Å². The molecule has 8 heteroatoms. The Labute approximate surface area is 226 Å². The van der Waals surface area contributed by atoms with E-state index in [1.807, 2.05) is 53.4 Å². The molecule has 2 aromatic carbocycles. The van der Waals surface area contributed by atoms with Crippen LogP contribution in [0.25, 0.3) is 0 Å². The summed E-state index contributed by atoms with van der Waals surface area (Å²) in [6.45, 7) is 7.43. The second-order valence-corrected chi connectivity index (χ2v) is 11.3. The van der Waals surface area contributed by atoms with Crippen LogP contribution >= 0.6 is 0 Å². The molecule has 0 spiro atoms. The van der Waals surface area contributed by atoms with Crippen molar-refractivity contribution in [2.75, 3.05) is 33.3 Å². The number of likely N-dealkylation sites (tertiary alicyclic amines) is 1. The first-order valence-electron chi connectivity index (χ1n) is 13.2. The summed E-state index contributed by atoms with van der Waals surface area (Å²) in [5.74, 6) is -0.550. The van der Waals surface area contributed by atoms with Crippen molar-refractivity contribution in [3.63, 3.8) is 0 Å². The third kappa shape index (κ3) is 7.88. The van der Waals surface area contributed by atoms with Gasteiger partial charge in [-0.1, -0.05) is 67.6 Å². The highest BCUT2D eigenvalue weighted by Crippen LogP contribution is 2.43. The molecule has 38 heavy (non-hydrogen) atoms. The first-order valence-corrected chi connectivity index (χ1v) is 13.2. The second-order valence-electron chi connectivity index (χ2n) is 11.3. The highest BCUT2D eigenvalue weighted by Gasteiger charge is 2.42. The normalized spacial score (nSPS) is 19.3. The molecule has 3 amide bonds. The van der Waals surface area contributed by atoms with Crippen LogP contribution in [0.15, 0.2) is 60.7 Å². The number of nitrogens with two attached hydrogens (primary N) is 1. The van der Waals surface area contributed by atoms with Crippen LogP contribution < -0.4 is 11.1 Å². The van der Waals surface area contributed by atoms with Crippen molar-refractivity contribution >= 4 is 18.2 Å². The highest BCUT2D eigenvalue weighted by atomic mass is 16.5. The summed E-state index contributed by atoms with van der Waals surface area (Å²) in [5, 5.41) is 2.84. The predicted octanol–water partition coefficient (Wildman–Crippen LogP) is 2.93. The molecule has 0 unspecified atom stereocenters. The number of nitrogens with zero attached hydrogens (tertiary/aromatic N) is 2. The van der Waals surface area contributed by atoms with Gasteiger partial charge in [0.25, 0.3) is 0 Å². The van der Waals surface area contributed by atoms with Crippen LogP contribution in [0.1, 0.15) is 50.7 Å². The van der Waals surface area contributed by atoms with Gasteiger partial charge in [-0.2, -0.15) is 0 Å². The topological polar surface area (TPSA) is 105 Å². The third-order valence-corrected chi connectivity index (χ3v) is 7.32. The fourth-order valence-corrected chi connectivity index (χ4v) is 5.09. The van der Waals surface area contributed by atoms with Crippen molar-refractivity contribution in [2.24, 2.45) is 11.1 Å². The minimum Gasteiger partial charge on any atom is -0.374 e. The second kappa shape index (κ2) is 13.0. The summed E-state index contributed by atoms with van der Waals surface area (Å²) < 4.78 is 5.89. The van der Waals surface area contributed by atoms with Crippen LogP contribution in [-0.4, -0.2) is 72.9 Å². The van der Waals surface area contributed by atoms with Gasteiger partial charge in [0, 0.05) is 32.6 Å². The number of hydrogen-bond donors (Lipinski definition) is 2. The van der Waals surface area contributed by atoms with E-state index in [9.17, 15) is 14.4 Å². The number of carbonyl (C=O) groups excluding carboxylic acids is 3. The standard InChI is InChI=1S/C30H42N4O4/c1-29(2,31)28(37)32-26(20-38-19-23-12-7-5-8-13-23)27(36)34-17-11-16-30(3,21-34)25(18-33(4)22-35)24-14-9-6-10-15-24/h5-10,12-15,22,25-26H,11,16-21,31H2,1-4H3,(H,32,37)/t25-,26+,30+/m0/s1. The van der Waals surface area contributed by atoms with Crippen LogP contribution in [0.4, 0.5) is 0 Å². The van der Waals surface area contributed by atoms with Gasteiger partial charge in [0.15, 0.2) is 0 Å². The Balaban J connectivity index is 1.80. The van der Waals surface area contributed by atoms with E-state index in [0.717, 1.165) is 30.4 Å². The molecule has 1 aliphatic heterocycles. The number of rotatable bonds is 12. The van der Waals surface area contributed by atoms with Gasteiger partial charge in [-0.3, -0.25) is 14.4 Å². The van der Waals surface area contributed by atoms with Gasteiger partial charge in [-0.15, -0.1) is 0 Å². The van der Waals surface area contributed by atoms with Crippen molar-refractivity contribution in [1.29, 1.82) is 0 Å². The molecular weight excluding hydrogens is 480 g/mol. The number of piperidine rings is 1. The molecule has 1 saturated heterocycles. The Hall–Kier alpha value is -3.23. The van der Waals surface area contributed by atoms with Crippen molar-refractivity contribution in [1.82, 2.24) is 15.1 Å². The Bertz CT molecular complexity index is 1060. The average molecular weight is 523 g/mol. The summed E-state index contributed by atoms with van der Waals surface area (Å²) in [6, 6.07) is 19.0. The Morgan fingerprint density at radius 3 is 2.39 bits per heavy atom. The number of nitrogens with one attached hydrogen (secondary N) is 1. The van der Waals surface area contributed by atoms with E-state index in [-0.39, 0.29) is 23.8 Å². The molecule has 1 heterocycles. The number of likely N-dealkylation sites (N-methyl/N-ethyl adjacent to an activating group) is 1. The van der Waals surface area contributed by atoms with E-state index < -0.39 is 17.5 Å². The maximum absolute atomic E-state index is 13.9. The summed E-state index contributed by atoms with van der Waals surface area (Å²) in [5.41, 5.74) is 6.75. The molecule has 1 aliphatic rings. The van der Waals surface area contributed by atoms with Crippen LogP contribution in [0, 0.1) is 5.41 Å². The first-order chi connectivity index (χ1) is 18.0. The Morgan fingerprint density at radius 1 is 1.16 bits per heavy atom. The SMILES string of the molecule is CN(C=O)C[C@@H](c1ccccc1)[C@]1(C)CCCN(C(=O)[C@@H](COCc2ccccc2)NC(=O)C(C)(C)N)C1. The Morgan fingerprint density at radius 2 is 1.79 bits per heavy atom. The fraction of sp³-hybridized carbons (Fsp3) is 0.500. The maximum atomic E-state index is 13.9. The molecule has 0 saturated carbocycles. The van der Waals surface area contributed by atoms with E-state index in [1.54, 1.807) is 25.8 Å². The Kier molecular flexibility index (Phi) is 10.1. The fourth-order valence-electron chi connectivity index (χ4n) is 5.09. The molecule has 3 atom stereocenters. The molecule has 3 N–H and O–H groups in total. The molecular formula is C30H42N4O4. The monoisotopic (exact) mass is 522 g/mol. The zero-order valence-electron chi connectivity index (χ0n) is 23.1. The van der Waals surface area contributed by atoms with E-state index >= 15 is 0 Å². The van der Waals surface area contributed by atoms with Crippen LogP contribution in [0.2, 0.25) is 0 Å². The molecule has 8 nitrogen and oxygen atoms in total. The molecule has 0 aliphatic carbocycles. The first kappa shape index (κ1) is 29.3. The van der Waals surface area contributed by atoms with Gasteiger partial charge in [0.1, 0.15) is 6.04 Å². The number of ether oxygens (including phenoxy) is 1. The van der Waals surface area contributed by atoms with E-state index in [1.165, 1.54) is 0 Å². The minimum absolute atomic E-state index is 0.0404. The van der Waals surface area contributed by atoms with Gasteiger partial charge < -0.3 is 25.6 Å². The van der Waals surface area contributed by atoms with E-state index in [4.69, 9.17) is 10.5 Å². The molecule has 206 valence electrons. The van der Waals surface area contributed by atoms with Gasteiger partial charge in [0.05, 0.1) is 18.8 Å². The number of carbonyl (C=O) groups is 3. The van der Waals surface area contributed by atoms with Crippen molar-refractivity contribution in [3.05, 3.63) is 71.8 Å². The smallest absolute Gasteiger partial charge is 0.247 e. The minimum atomic E-state index is -1.13. The molecule has 2 aromatic rings. The lowest BCUT2D eigenvalue weighted by molar-refractivity contribution is -0.142. The molecule has 1 fully saturated rings. The molecule has 0 aromatic heterocycles. The molecule has 0 radical (unpaired) electrons. The lowest BCUT2D eigenvalue weighted by Gasteiger charge is -2.47. The summed E-state index contributed by atoms with van der Waals surface area (Å²) in [6.07, 6.45) is 2.58. The quantitative estimate of drug-likeness (QED) is 0.417. The van der Waals surface area contributed by atoms with Gasteiger partial charge in [-0.05, 0) is 43.2 Å². The van der Waals surface area contributed by atoms with Gasteiger partial charge in [-0.25, -0.2) is 0 Å². The lowest BCUT2D eigenvalue weighted by Crippen LogP contribution is -2.59. The molecule has 3 rings (SSSR count). The van der Waals surface area contributed by atoms with Crippen molar-refractivity contribution in [2.45, 2.75) is 57.7 Å². The van der Waals surface area contributed by atoms with Crippen molar-refractivity contribution < 1.29 is 19.1 Å². The highest BCUT2D eigenvalue weighted by molar-refractivity contribution is 5.91. The number of amides is 3. The largest absolute Gasteiger partial charge is 0.374 e. The zero-order chi connectivity index (χ0) is 27.8. The molecule has 0 bridgehead atoms. The van der Waals surface area contributed by atoms with Crippen LogP contribution in [-0.2, 0) is 25.7 Å². The third-order valence-electron chi connectivity index (χ3n) is 7.32. The summed E-state index contributed by atoms with van der Waals surface area (Å²) >= 11 is 0. The summed E-state index contributed by atoms with van der Waals surface area (Å²) in [4.78, 5) is 41.6. The van der Waals surface area contributed by atoms with Gasteiger partial charge in [0.2, 0.25) is 18.2 Å². The maximum Gasteiger partial charge on any atom is 0.247 e. The average Bonchev–Trinajstić information content (AvgIpc) is 2.91. The predicted molar refractivity (Wildman–Crippen MR) is 148 cm³/mol. The number of benzene rings is 2. The van der Waals surface area contributed by atoms with E-state index in [0.29, 0.717) is 26.2 Å².